The number of phenolic OH excluding ortho intramolecular Hbond substituents is 1. The molecule has 0 aliphatic carbocycles. The molecule has 0 amide bonds. The zero-order valence-electron chi connectivity index (χ0n) is 10.5. The van der Waals surface area contributed by atoms with Crippen molar-refractivity contribution in [3.05, 3.63) is 63.6 Å². The minimum atomic E-state index is 0.124. The average molecular weight is 296 g/mol. The molecule has 0 aromatic heterocycles. The molecular weight excluding hydrogens is 281 g/mol. The molecule has 0 aliphatic rings. The molecule has 4 heteroatoms. The molecular formula is C15H15Cl2NO. The fourth-order valence-corrected chi connectivity index (χ4v) is 2.42. The predicted molar refractivity (Wildman–Crippen MR) is 79.8 cm³/mol. The first-order chi connectivity index (χ1) is 9.06. The third-order valence-corrected chi connectivity index (χ3v) is 3.54. The first kappa shape index (κ1) is 14.2. The van der Waals surface area contributed by atoms with Crippen molar-refractivity contribution < 1.29 is 5.11 Å². The summed E-state index contributed by atoms with van der Waals surface area (Å²) >= 11 is 12.1. The summed E-state index contributed by atoms with van der Waals surface area (Å²) in [5, 5.41) is 13.9. The Morgan fingerprint density at radius 3 is 2.42 bits per heavy atom. The number of benzene rings is 2. The first-order valence-corrected chi connectivity index (χ1v) is 6.78. The zero-order valence-corrected chi connectivity index (χ0v) is 12.0. The van der Waals surface area contributed by atoms with Gasteiger partial charge in [0.1, 0.15) is 5.75 Å². The van der Waals surface area contributed by atoms with Crippen LogP contribution in [0, 0.1) is 0 Å². The second kappa shape index (κ2) is 6.29. The van der Waals surface area contributed by atoms with Gasteiger partial charge < -0.3 is 10.4 Å². The van der Waals surface area contributed by atoms with Crippen LogP contribution in [0.2, 0.25) is 10.0 Å². The van der Waals surface area contributed by atoms with Gasteiger partial charge >= 0.3 is 0 Å². The molecule has 0 bridgehead atoms. The molecule has 1 atom stereocenters. The van der Waals surface area contributed by atoms with Crippen molar-refractivity contribution in [3.63, 3.8) is 0 Å². The fourth-order valence-electron chi connectivity index (χ4n) is 1.85. The molecule has 2 rings (SSSR count). The number of nitrogens with one attached hydrogen (secondary N) is 1. The molecule has 0 fully saturated rings. The molecule has 0 radical (unpaired) electrons. The summed E-state index contributed by atoms with van der Waals surface area (Å²) in [6.07, 6.45) is 0. The molecule has 0 saturated carbocycles. The normalized spacial score (nSPS) is 12.4. The number of rotatable bonds is 4. The number of aromatic hydroxyl groups is 1. The maximum atomic E-state index is 9.22. The summed E-state index contributed by atoms with van der Waals surface area (Å²) in [5.41, 5.74) is 2.12. The van der Waals surface area contributed by atoms with Crippen molar-refractivity contribution in [1.29, 1.82) is 0 Å². The third-order valence-electron chi connectivity index (χ3n) is 2.98. The molecule has 100 valence electrons. The predicted octanol–water partition coefficient (Wildman–Crippen LogP) is 4.55. The van der Waals surface area contributed by atoms with Crippen LogP contribution in [0.25, 0.3) is 0 Å². The molecule has 2 aromatic carbocycles. The molecule has 0 heterocycles. The van der Waals surface area contributed by atoms with E-state index in [2.05, 4.69) is 12.2 Å². The Labute approximate surface area is 123 Å². The van der Waals surface area contributed by atoms with Crippen LogP contribution >= 0.6 is 23.2 Å². The average Bonchev–Trinajstić information content (AvgIpc) is 2.37. The van der Waals surface area contributed by atoms with Crippen molar-refractivity contribution in [3.8, 4) is 5.75 Å². The zero-order chi connectivity index (χ0) is 13.8. The second-order valence-corrected chi connectivity index (χ2v) is 5.28. The highest BCUT2D eigenvalue weighted by Gasteiger charge is 2.09. The molecule has 0 saturated heterocycles. The van der Waals surface area contributed by atoms with E-state index in [9.17, 15) is 5.11 Å². The van der Waals surface area contributed by atoms with Crippen molar-refractivity contribution in [2.24, 2.45) is 0 Å². The highest BCUT2D eigenvalue weighted by atomic mass is 35.5. The van der Waals surface area contributed by atoms with E-state index in [0.29, 0.717) is 16.6 Å². The van der Waals surface area contributed by atoms with Gasteiger partial charge in [0.2, 0.25) is 0 Å². The second-order valence-electron chi connectivity index (χ2n) is 4.43. The molecule has 1 unspecified atom stereocenters. The van der Waals surface area contributed by atoms with Gasteiger partial charge in [-0.05, 0) is 42.3 Å². The number of phenols is 1. The minimum absolute atomic E-state index is 0.124. The largest absolute Gasteiger partial charge is 0.508 e. The van der Waals surface area contributed by atoms with Crippen LogP contribution in [0.3, 0.4) is 0 Å². The van der Waals surface area contributed by atoms with Gasteiger partial charge in [0.05, 0.1) is 0 Å². The quantitative estimate of drug-likeness (QED) is 0.867. The smallest absolute Gasteiger partial charge is 0.115 e. The lowest BCUT2D eigenvalue weighted by molar-refractivity contribution is 0.474. The van der Waals surface area contributed by atoms with Crippen LogP contribution in [-0.4, -0.2) is 5.11 Å². The van der Waals surface area contributed by atoms with Crippen molar-refractivity contribution in [1.82, 2.24) is 5.32 Å². The van der Waals surface area contributed by atoms with Crippen LogP contribution in [0.15, 0.2) is 42.5 Å². The first-order valence-electron chi connectivity index (χ1n) is 6.02. The Bertz CT molecular complexity index is 555. The molecule has 2 nitrogen and oxygen atoms in total. The van der Waals surface area contributed by atoms with Gasteiger partial charge in [-0.25, -0.2) is 0 Å². The van der Waals surface area contributed by atoms with E-state index < -0.39 is 0 Å². The summed E-state index contributed by atoms with van der Waals surface area (Å²) in [7, 11) is 0. The Hall–Kier alpha value is -1.22. The van der Waals surface area contributed by atoms with Gasteiger partial charge in [-0.2, -0.15) is 0 Å². The van der Waals surface area contributed by atoms with Gasteiger partial charge in [-0.3, -0.25) is 0 Å². The fraction of sp³-hybridized carbons (Fsp3) is 0.200. The summed E-state index contributed by atoms with van der Waals surface area (Å²) < 4.78 is 0. The topological polar surface area (TPSA) is 32.3 Å². The lowest BCUT2D eigenvalue weighted by atomic mass is 10.1. The Morgan fingerprint density at radius 2 is 1.79 bits per heavy atom. The van der Waals surface area contributed by atoms with E-state index in [1.54, 1.807) is 18.2 Å². The molecule has 2 aromatic rings. The van der Waals surface area contributed by atoms with Gasteiger partial charge in [-0.1, -0.05) is 41.4 Å². The lowest BCUT2D eigenvalue weighted by Crippen LogP contribution is -2.18. The van der Waals surface area contributed by atoms with Crippen molar-refractivity contribution >= 4 is 23.2 Å². The highest BCUT2D eigenvalue weighted by molar-refractivity contribution is 6.35. The van der Waals surface area contributed by atoms with E-state index >= 15 is 0 Å². The van der Waals surface area contributed by atoms with Gasteiger partial charge in [0.25, 0.3) is 0 Å². The van der Waals surface area contributed by atoms with Crippen LogP contribution < -0.4 is 5.32 Å². The molecule has 2 N–H and O–H groups in total. The van der Waals surface area contributed by atoms with E-state index in [0.717, 1.165) is 11.1 Å². The van der Waals surface area contributed by atoms with E-state index in [-0.39, 0.29) is 11.8 Å². The van der Waals surface area contributed by atoms with Gasteiger partial charge in [-0.15, -0.1) is 0 Å². The van der Waals surface area contributed by atoms with Gasteiger partial charge in [0, 0.05) is 22.6 Å². The Kier molecular flexibility index (Phi) is 4.70. The number of halogens is 2. The van der Waals surface area contributed by atoms with Crippen LogP contribution in [0.4, 0.5) is 0 Å². The monoisotopic (exact) mass is 295 g/mol. The maximum absolute atomic E-state index is 9.22. The Balaban J connectivity index is 2.01. The summed E-state index contributed by atoms with van der Waals surface area (Å²) in [4.78, 5) is 0. The Morgan fingerprint density at radius 1 is 1.11 bits per heavy atom. The van der Waals surface area contributed by atoms with E-state index in [1.165, 1.54) is 0 Å². The molecule has 19 heavy (non-hydrogen) atoms. The molecule has 0 spiro atoms. The molecule has 0 aliphatic heterocycles. The van der Waals surface area contributed by atoms with Crippen LogP contribution in [0.5, 0.6) is 5.75 Å². The summed E-state index contributed by atoms with van der Waals surface area (Å²) in [6.45, 7) is 2.76. The third kappa shape index (κ3) is 3.87. The SMILES string of the molecule is CC(NCc1ccc(O)cc1)c1ccc(Cl)cc1Cl. The lowest BCUT2D eigenvalue weighted by Gasteiger charge is -2.16. The maximum Gasteiger partial charge on any atom is 0.115 e. The van der Waals surface area contributed by atoms with E-state index in [1.807, 2.05) is 24.3 Å². The van der Waals surface area contributed by atoms with Gasteiger partial charge in [0.15, 0.2) is 0 Å². The number of hydrogen-bond donors (Lipinski definition) is 2. The van der Waals surface area contributed by atoms with Crippen molar-refractivity contribution in [2.75, 3.05) is 0 Å². The summed E-state index contributed by atoms with van der Waals surface area (Å²) in [6, 6.07) is 12.8. The van der Waals surface area contributed by atoms with Crippen molar-refractivity contribution in [2.45, 2.75) is 19.5 Å². The van der Waals surface area contributed by atoms with E-state index in [4.69, 9.17) is 23.2 Å². The van der Waals surface area contributed by atoms with Crippen LogP contribution in [-0.2, 0) is 6.54 Å². The van der Waals surface area contributed by atoms with Crippen LogP contribution in [0.1, 0.15) is 24.1 Å². The summed E-state index contributed by atoms with van der Waals surface area (Å²) in [5.74, 6) is 0.276. The number of hydrogen-bond acceptors (Lipinski definition) is 2. The highest BCUT2D eigenvalue weighted by Crippen LogP contribution is 2.26. The minimum Gasteiger partial charge on any atom is -0.508 e. The standard InChI is InChI=1S/C15H15Cl2NO/c1-10(14-7-4-12(16)8-15(14)17)18-9-11-2-5-13(19)6-3-11/h2-8,10,18-19H,9H2,1H3.